The maximum atomic E-state index is 13.1. The first-order chi connectivity index (χ1) is 13.9. The monoisotopic (exact) mass is 415 g/mol. The summed E-state index contributed by atoms with van der Waals surface area (Å²) >= 11 is 0. The van der Waals surface area contributed by atoms with Gasteiger partial charge in [-0.3, -0.25) is 9.69 Å². The van der Waals surface area contributed by atoms with Crippen molar-refractivity contribution < 1.29 is 13.2 Å². The molecule has 0 radical (unpaired) electrons. The number of fused-ring (bicyclic) bond motifs is 1. The number of piperidine rings is 1. The minimum absolute atomic E-state index is 0.113. The molecule has 2 fully saturated rings. The van der Waals surface area contributed by atoms with Gasteiger partial charge in [0.2, 0.25) is 15.9 Å². The van der Waals surface area contributed by atoms with Crippen molar-refractivity contribution in [2.45, 2.75) is 24.7 Å². The van der Waals surface area contributed by atoms with Crippen molar-refractivity contribution in [2.75, 3.05) is 45.8 Å². The Morgan fingerprint density at radius 2 is 1.72 bits per heavy atom. The average Bonchev–Trinajstić information content (AvgIpc) is 2.73. The lowest BCUT2D eigenvalue weighted by molar-refractivity contribution is -0.134. The summed E-state index contributed by atoms with van der Waals surface area (Å²) in [4.78, 5) is 17.0. The van der Waals surface area contributed by atoms with Gasteiger partial charge < -0.3 is 4.90 Å². The smallest absolute Gasteiger partial charge is 0.243 e. The summed E-state index contributed by atoms with van der Waals surface area (Å²) in [6.07, 6.45) is 2.38. The lowest BCUT2D eigenvalue weighted by Gasteiger charge is -2.36. The van der Waals surface area contributed by atoms with E-state index in [0.29, 0.717) is 43.5 Å². The van der Waals surface area contributed by atoms with Crippen LogP contribution in [0.15, 0.2) is 47.4 Å². The van der Waals surface area contributed by atoms with Gasteiger partial charge in [0.25, 0.3) is 0 Å². The number of hydrogen-bond donors (Lipinski definition) is 0. The number of piperazine rings is 1. The van der Waals surface area contributed by atoms with E-state index in [-0.39, 0.29) is 5.91 Å². The molecule has 2 saturated heterocycles. The fraction of sp³-hybridized carbons (Fsp3) is 0.500. The zero-order valence-electron chi connectivity index (χ0n) is 17.0. The molecule has 1 amide bonds. The van der Waals surface area contributed by atoms with Crippen molar-refractivity contribution in [1.82, 2.24) is 14.1 Å². The number of sulfonamides is 1. The van der Waals surface area contributed by atoms with Crippen LogP contribution < -0.4 is 0 Å². The number of carbonyl (C=O) groups is 1. The van der Waals surface area contributed by atoms with E-state index in [1.165, 1.54) is 10.7 Å². The van der Waals surface area contributed by atoms with E-state index in [1.54, 1.807) is 12.1 Å². The van der Waals surface area contributed by atoms with Crippen LogP contribution in [-0.4, -0.2) is 74.2 Å². The molecule has 29 heavy (non-hydrogen) atoms. The van der Waals surface area contributed by atoms with Gasteiger partial charge in [0.05, 0.1) is 11.4 Å². The van der Waals surface area contributed by atoms with Gasteiger partial charge >= 0.3 is 0 Å². The second-order valence-corrected chi connectivity index (χ2v) is 10.2. The van der Waals surface area contributed by atoms with E-state index in [2.05, 4.69) is 11.8 Å². The van der Waals surface area contributed by atoms with Gasteiger partial charge in [0.1, 0.15) is 0 Å². The summed E-state index contributed by atoms with van der Waals surface area (Å²) in [5.41, 5.74) is 0. The van der Waals surface area contributed by atoms with E-state index in [1.807, 2.05) is 35.2 Å². The molecule has 0 bridgehead atoms. The number of hydrogen-bond acceptors (Lipinski definition) is 4. The topological polar surface area (TPSA) is 60.9 Å². The SMILES string of the molecule is CC1CCCN(CC(=O)N2CCN(S(=O)(=O)c3ccc4ccccc4c3)CC2)C1. The lowest BCUT2D eigenvalue weighted by atomic mass is 10.0. The Hall–Kier alpha value is -1.96. The van der Waals surface area contributed by atoms with Crippen LogP contribution in [0.3, 0.4) is 0 Å². The zero-order valence-corrected chi connectivity index (χ0v) is 17.8. The van der Waals surface area contributed by atoms with Crippen molar-refractivity contribution in [3.8, 4) is 0 Å². The molecule has 0 saturated carbocycles. The second kappa shape index (κ2) is 8.42. The van der Waals surface area contributed by atoms with E-state index in [4.69, 9.17) is 0 Å². The molecule has 7 heteroatoms. The van der Waals surface area contributed by atoms with Gasteiger partial charge in [-0.05, 0) is 48.2 Å². The lowest BCUT2D eigenvalue weighted by Crippen LogP contribution is -2.53. The van der Waals surface area contributed by atoms with Crippen LogP contribution in [0.1, 0.15) is 19.8 Å². The molecule has 2 aliphatic rings. The first-order valence-corrected chi connectivity index (χ1v) is 11.9. The van der Waals surface area contributed by atoms with Crippen LogP contribution in [0.25, 0.3) is 10.8 Å². The van der Waals surface area contributed by atoms with E-state index >= 15 is 0 Å². The fourth-order valence-electron chi connectivity index (χ4n) is 4.38. The third kappa shape index (κ3) is 4.47. The van der Waals surface area contributed by atoms with E-state index < -0.39 is 10.0 Å². The van der Waals surface area contributed by atoms with Crippen LogP contribution in [0.4, 0.5) is 0 Å². The highest BCUT2D eigenvalue weighted by Gasteiger charge is 2.31. The van der Waals surface area contributed by atoms with Gasteiger partial charge in [-0.15, -0.1) is 0 Å². The molecular weight excluding hydrogens is 386 g/mol. The summed E-state index contributed by atoms with van der Waals surface area (Å²) in [6, 6.07) is 13.0. The molecular formula is C22H29N3O3S. The first-order valence-electron chi connectivity index (χ1n) is 10.4. The molecule has 2 aromatic carbocycles. The normalized spacial score (nSPS) is 22.1. The molecule has 2 aromatic rings. The largest absolute Gasteiger partial charge is 0.339 e. The summed E-state index contributed by atoms with van der Waals surface area (Å²) in [6.45, 7) is 6.22. The summed E-state index contributed by atoms with van der Waals surface area (Å²) in [7, 11) is -3.55. The third-order valence-corrected chi connectivity index (χ3v) is 7.94. The fourth-order valence-corrected chi connectivity index (χ4v) is 5.83. The van der Waals surface area contributed by atoms with Crippen LogP contribution in [0, 0.1) is 5.92 Å². The Balaban J connectivity index is 1.38. The van der Waals surface area contributed by atoms with Crippen molar-refractivity contribution in [3.05, 3.63) is 42.5 Å². The molecule has 4 rings (SSSR count). The molecule has 1 unspecified atom stereocenters. The highest BCUT2D eigenvalue weighted by Crippen LogP contribution is 2.23. The van der Waals surface area contributed by atoms with Gasteiger partial charge in [0.15, 0.2) is 0 Å². The molecule has 0 N–H and O–H groups in total. The first kappa shape index (κ1) is 20.3. The maximum Gasteiger partial charge on any atom is 0.243 e. The Kier molecular flexibility index (Phi) is 5.90. The molecule has 1 atom stereocenters. The number of rotatable bonds is 4. The molecule has 0 aromatic heterocycles. The molecule has 2 aliphatic heterocycles. The minimum atomic E-state index is -3.55. The van der Waals surface area contributed by atoms with Crippen molar-refractivity contribution in [2.24, 2.45) is 5.92 Å². The molecule has 0 aliphatic carbocycles. The quantitative estimate of drug-likeness (QED) is 0.769. The summed E-state index contributed by atoms with van der Waals surface area (Å²) < 4.78 is 27.7. The number of likely N-dealkylation sites (tertiary alicyclic amines) is 1. The third-order valence-electron chi connectivity index (χ3n) is 6.05. The van der Waals surface area contributed by atoms with Gasteiger partial charge in [0, 0.05) is 32.7 Å². The predicted molar refractivity (Wildman–Crippen MR) is 114 cm³/mol. The van der Waals surface area contributed by atoms with Crippen molar-refractivity contribution >= 4 is 26.7 Å². The van der Waals surface area contributed by atoms with Crippen LogP contribution >= 0.6 is 0 Å². The van der Waals surface area contributed by atoms with Crippen molar-refractivity contribution in [3.63, 3.8) is 0 Å². The number of amides is 1. The number of nitrogens with zero attached hydrogens (tertiary/aromatic N) is 3. The second-order valence-electron chi connectivity index (χ2n) is 8.28. The molecule has 2 heterocycles. The molecule has 0 spiro atoms. The highest BCUT2D eigenvalue weighted by molar-refractivity contribution is 7.89. The summed E-state index contributed by atoms with van der Waals surface area (Å²) in [5, 5.41) is 1.94. The van der Waals surface area contributed by atoms with Gasteiger partial charge in [-0.2, -0.15) is 4.31 Å². The van der Waals surface area contributed by atoms with Crippen LogP contribution in [0.2, 0.25) is 0 Å². The van der Waals surface area contributed by atoms with Crippen LogP contribution in [0.5, 0.6) is 0 Å². The average molecular weight is 416 g/mol. The molecule has 6 nitrogen and oxygen atoms in total. The number of benzene rings is 2. The molecule has 156 valence electrons. The number of carbonyl (C=O) groups excluding carboxylic acids is 1. The minimum Gasteiger partial charge on any atom is -0.339 e. The standard InChI is InChI=1S/C22H29N3O3S/c1-18-5-4-10-23(16-18)17-22(26)24-11-13-25(14-12-24)29(27,28)21-9-8-19-6-2-3-7-20(19)15-21/h2-3,6-9,15,18H,4-5,10-14,16-17H2,1H3. The van der Waals surface area contributed by atoms with Crippen LogP contribution in [-0.2, 0) is 14.8 Å². The van der Waals surface area contributed by atoms with E-state index in [0.717, 1.165) is 30.3 Å². The van der Waals surface area contributed by atoms with E-state index in [9.17, 15) is 13.2 Å². The zero-order chi connectivity index (χ0) is 20.4. The Labute approximate surface area is 173 Å². The predicted octanol–water partition coefficient (Wildman–Crippen LogP) is 2.40. The Morgan fingerprint density at radius 3 is 2.45 bits per heavy atom. The summed E-state index contributed by atoms with van der Waals surface area (Å²) in [5.74, 6) is 0.752. The highest BCUT2D eigenvalue weighted by atomic mass is 32.2. The Bertz CT molecular complexity index is 984. The van der Waals surface area contributed by atoms with Gasteiger partial charge in [-0.25, -0.2) is 8.42 Å². The van der Waals surface area contributed by atoms with Crippen molar-refractivity contribution in [1.29, 1.82) is 0 Å². The Morgan fingerprint density at radius 1 is 1.00 bits per heavy atom. The maximum absolute atomic E-state index is 13.1. The van der Waals surface area contributed by atoms with Gasteiger partial charge in [-0.1, -0.05) is 37.3 Å².